The van der Waals surface area contributed by atoms with Crippen LogP contribution in [0.2, 0.25) is 0 Å². The fourth-order valence-electron chi connectivity index (χ4n) is 7.17. The molecule has 0 aromatic heterocycles. The Morgan fingerprint density at radius 1 is 0.462 bits per heavy atom. The minimum Gasteiger partial charge on any atom is -0.394 e. The van der Waals surface area contributed by atoms with E-state index in [0.29, 0.717) is 12.8 Å². The Bertz CT molecular complexity index is 768. The lowest BCUT2D eigenvalue weighted by Gasteiger charge is -2.26. The van der Waals surface area contributed by atoms with Gasteiger partial charge in [0.25, 0.3) is 0 Å². The van der Waals surface area contributed by atoms with Crippen LogP contribution in [-0.4, -0.2) is 46.1 Å². The SMILES string of the molecule is CCCC/C=C/CC/C=C/CCCC(O)C(O)C(CO)NC(=O)CCCCCCCCCCCCCCCCCCCCCCCCCCCCC. The van der Waals surface area contributed by atoms with Crippen LogP contribution in [0.3, 0.4) is 0 Å². The van der Waals surface area contributed by atoms with Gasteiger partial charge in [0.05, 0.1) is 18.8 Å². The topological polar surface area (TPSA) is 89.8 Å². The van der Waals surface area contributed by atoms with Gasteiger partial charge in [-0.1, -0.05) is 218 Å². The second-order valence-corrected chi connectivity index (χ2v) is 16.0. The van der Waals surface area contributed by atoms with Crippen LogP contribution in [0, 0.1) is 0 Å². The van der Waals surface area contributed by atoms with Crippen molar-refractivity contribution in [3.05, 3.63) is 24.3 Å². The molecular formula is C47H91NO4. The van der Waals surface area contributed by atoms with E-state index < -0.39 is 18.2 Å². The molecule has 1 amide bonds. The van der Waals surface area contributed by atoms with E-state index in [2.05, 4.69) is 43.5 Å². The number of carbonyl (C=O) groups is 1. The minimum atomic E-state index is -1.16. The zero-order valence-electron chi connectivity index (χ0n) is 35.0. The van der Waals surface area contributed by atoms with E-state index in [4.69, 9.17) is 0 Å². The summed E-state index contributed by atoms with van der Waals surface area (Å²) in [5, 5.41) is 33.4. The van der Waals surface area contributed by atoms with Crippen LogP contribution in [0.25, 0.3) is 0 Å². The Labute approximate surface area is 324 Å². The number of hydrogen-bond donors (Lipinski definition) is 4. The highest BCUT2D eigenvalue weighted by atomic mass is 16.3. The standard InChI is InChI=1S/C47H91NO4/c1-3-5-7-9-11-13-15-16-17-18-19-20-21-22-23-24-25-26-27-28-29-30-32-34-36-38-40-42-46(51)48-44(43-49)47(52)45(50)41-39-37-35-33-31-14-12-10-8-6-4-2/h10,12,33,35,44-45,47,49-50,52H,3-9,11,13-32,34,36-43H2,1-2H3,(H,48,51)/b12-10+,35-33+. The Morgan fingerprint density at radius 3 is 1.15 bits per heavy atom. The van der Waals surface area contributed by atoms with Crippen LogP contribution >= 0.6 is 0 Å². The average molecular weight is 734 g/mol. The summed E-state index contributed by atoms with van der Waals surface area (Å²) >= 11 is 0. The molecule has 5 heteroatoms. The monoisotopic (exact) mass is 734 g/mol. The van der Waals surface area contributed by atoms with Gasteiger partial charge in [-0.15, -0.1) is 0 Å². The van der Waals surface area contributed by atoms with Gasteiger partial charge in [-0.3, -0.25) is 4.79 Å². The molecule has 0 radical (unpaired) electrons. The van der Waals surface area contributed by atoms with Crippen molar-refractivity contribution < 1.29 is 20.1 Å². The number of allylic oxidation sites excluding steroid dienone is 4. The number of amides is 1. The number of hydrogen-bond acceptors (Lipinski definition) is 4. The van der Waals surface area contributed by atoms with E-state index >= 15 is 0 Å². The Morgan fingerprint density at radius 2 is 0.788 bits per heavy atom. The molecule has 0 fully saturated rings. The molecule has 5 nitrogen and oxygen atoms in total. The van der Waals surface area contributed by atoms with Gasteiger partial charge in [-0.25, -0.2) is 0 Å². The molecule has 0 rings (SSSR count). The van der Waals surface area contributed by atoms with E-state index in [1.165, 1.54) is 167 Å². The molecule has 308 valence electrons. The van der Waals surface area contributed by atoms with Crippen molar-refractivity contribution in [3.63, 3.8) is 0 Å². The van der Waals surface area contributed by atoms with Crippen LogP contribution in [-0.2, 0) is 4.79 Å². The molecule has 0 aromatic rings. The smallest absolute Gasteiger partial charge is 0.220 e. The zero-order valence-corrected chi connectivity index (χ0v) is 35.0. The first kappa shape index (κ1) is 50.8. The fraction of sp³-hybridized carbons (Fsp3) is 0.894. The van der Waals surface area contributed by atoms with Crippen molar-refractivity contribution in [1.82, 2.24) is 5.32 Å². The number of nitrogens with one attached hydrogen (secondary N) is 1. The van der Waals surface area contributed by atoms with Crippen molar-refractivity contribution >= 4 is 5.91 Å². The van der Waals surface area contributed by atoms with E-state index in [1.807, 2.05) is 0 Å². The lowest BCUT2D eigenvalue weighted by atomic mass is 10.0. The number of carbonyl (C=O) groups excluding carboxylic acids is 1. The molecule has 0 bridgehead atoms. The maximum Gasteiger partial charge on any atom is 0.220 e. The predicted octanol–water partition coefficient (Wildman–Crippen LogP) is 13.4. The molecule has 3 unspecified atom stereocenters. The molecule has 0 saturated carbocycles. The van der Waals surface area contributed by atoms with Crippen LogP contribution in [0.15, 0.2) is 24.3 Å². The summed E-state index contributed by atoms with van der Waals surface area (Å²) in [5.74, 6) is -0.156. The lowest BCUT2D eigenvalue weighted by Crippen LogP contribution is -2.50. The van der Waals surface area contributed by atoms with Gasteiger partial charge in [0, 0.05) is 6.42 Å². The van der Waals surface area contributed by atoms with Crippen LogP contribution in [0.5, 0.6) is 0 Å². The third-order valence-electron chi connectivity index (χ3n) is 10.8. The highest BCUT2D eigenvalue weighted by Gasteiger charge is 2.26. The fourth-order valence-corrected chi connectivity index (χ4v) is 7.17. The van der Waals surface area contributed by atoms with E-state index in [9.17, 15) is 20.1 Å². The van der Waals surface area contributed by atoms with Gasteiger partial charge < -0.3 is 20.6 Å². The summed E-state index contributed by atoms with van der Waals surface area (Å²) in [5.41, 5.74) is 0. The number of rotatable bonds is 42. The number of aliphatic hydroxyl groups excluding tert-OH is 3. The average Bonchev–Trinajstić information content (AvgIpc) is 3.15. The summed E-state index contributed by atoms with van der Waals surface area (Å²) in [6.45, 7) is 4.12. The summed E-state index contributed by atoms with van der Waals surface area (Å²) in [4.78, 5) is 12.4. The summed E-state index contributed by atoms with van der Waals surface area (Å²) in [6.07, 6.45) is 51.7. The Balaban J connectivity index is 3.52. The molecule has 52 heavy (non-hydrogen) atoms. The van der Waals surface area contributed by atoms with Crippen molar-refractivity contribution in [2.45, 2.75) is 263 Å². The Kier molecular flexibility index (Phi) is 41.6. The highest BCUT2D eigenvalue weighted by molar-refractivity contribution is 5.76. The lowest BCUT2D eigenvalue weighted by molar-refractivity contribution is -0.124. The van der Waals surface area contributed by atoms with Gasteiger partial charge in [-0.05, 0) is 44.9 Å². The predicted molar refractivity (Wildman–Crippen MR) is 227 cm³/mol. The van der Waals surface area contributed by atoms with Crippen molar-refractivity contribution in [2.75, 3.05) is 6.61 Å². The van der Waals surface area contributed by atoms with Gasteiger partial charge in [0.15, 0.2) is 0 Å². The zero-order chi connectivity index (χ0) is 38.0. The van der Waals surface area contributed by atoms with Gasteiger partial charge >= 0.3 is 0 Å². The van der Waals surface area contributed by atoms with Gasteiger partial charge in [0.2, 0.25) is 5.91 Å². The van der Waals surface area contributed by atoms with Gasteiger partial charge in [0.1, 0.15) is 6.10 Å². The van der Waals surface area contributed by atoms with Gasteiger partial charge in [-0.2, -0.15) is 0 Å². The summed E-state index contributed by atoms with van der Waals surface area (Å²) < 4.78 is 0. The van der Waals surface area contributed by atoms with Crippen LogP contribution in [0.4, 0.5) is 0 Å². The molecule has 0 aliphatic carbocycles. The van der Waals surface area contributed by atoms with Crippen LogP contribution in [0.1, 0.15) is 245 Å². The quantitative estimate of drug-likeness (QED) is 0.0371. The van der Waals surface area contributed by atoms with Crippen molar-refractivity contribution in [2.24, 2.45) is 0 Å². The molecular weight excluding hydrogens is 643 g/mol. The van der Waals surface area contributed by atoms with E-state index in [1.54, 1.807) is 0 Å². The summed E-state index contributed by atoms with van der Waals surface area (Å²) in [7, 11) is 0. The van der Waals surface area contributed by atoms with Crippen molar-refractivity contribution in [1.29, 1.82) is 0 Å². The summed E-state index contributed by atoms with van der Waals surface area (Å²) in [6, 6.07) is -0.827. The highest BCUT2D eigenvalue weighted by Crippen LogP contribution is 2.17. The first-order chi connectivity index (χ1) is 25.6. The molecule has 0 aliphatic rings. The minimum absolute atomic E-state index is 0.156. The second-order valence-electron chi connectivity index (χ2n) is 16.0. The Hall–Kier alpha value is -1.17. The maximum absolute atomic E-state index is 12.4. The molecule has 4 N–H and O–H groups in total. The molecule has 0 aromatic carbocycles. The third-order valence-corrected chi connectivity index (χ3v) is 10.8. The largest absolute Gasteiger partial charge is 0.394 e. The van der Waals surface area contributed by atoms with Crippen molar-refractivity contribution in [3.8, 4) is 0 Å². The number of aliphatic hydroxyl groups is 3. The molecule has 0 aliphatic heterocycles. The number of unbranched alkanes of at least 4 members (excludes halogenated alkanes) is 30. The maximum atomic E-state index is 12.4. The van der Waals surface area contributed by atoms with E-state index in [-0.39, 0.29) is 12.5 Å². The van der Waals surface area contributed by atoms with E-state index in [0.717, 1.165) is 51.4 Å². The first-order valence-corrected chi connectivity index (χ1v) is 23.1. The normalized spacial score (nSPS) is 13.7. The molecule has 3 atom stereocenters. The van der Waals surface area contributed by atoms with Crippen LogP contribution < -0.4 is 5.32 Å². The molecule has 0 heterocycles. The molecule has 0 spiro atoms. The molecule has 0 saturated heterocycles. The third kappa shape index (κ3) is 37.2. The second kappa shape index (κ2) is 42.6. The first-order valence-electron chi connectivity index (χ1n) is 23.1.